The van der Waals surface area contributed by atoms with Gasteiger partial charge in [0, 0.05) is 22.7 Å². The standard InChI is InChI=1S/C25H18F3N5O/c1-15-5-4-6-17(13-15)29-24-31-23(32-33-24)16-9-11-18(12-10-16)34-21-14-22(25(26,27)28)30-20-8-3-2-7-19(20)21/h2-14H,1H3,(H2,29,31,32,33). The van der Waals surface area contributed by atoms with Crippen LogP contribution >= 0.6 is 0 Å². The zero-order valence-electron chi connectivity index (χ0n) is 17.9. The molecule has 9 heteroatoms. The summed E-state index contributed by atoms with van der Waals surface area (Å²) in [5, 5.41) is 10.7. The van der Waals surface area contributed by atoms with E-state index < -0.39 is 11.9 Å². The van der Waals surface area contributed by atoms with Gasteiger partial charge in [-0.15, -0.1) is 5.10 Å². The SMILES string of the molecule is Cc1cccc(Nc2n[nH]c(-c3ccc(Oc4cc(C(F)(F)F)nc5ccccc45)cc3)n2)c1. The fraction of sp³-hybridized carbons (Fsp3) is 0.0800. The van der Waals surface area contributed by atoms with Crippen molar-refractivity contribution in [3.8, 4) is 22.9 Å². The topological polar surface area (TPSA) is 75.7 Å². The highest BCUT2D eigenvalue weighted by molar-refractivity contribution is 5.85. The lowest BCUT2D eigenvalue weighted by molar-refractivity contribution is -0.141. The van der Waals surface area contributed by atoms with Gasteiger partial charge >= 0.3 is 6.18 Å². The second kappa shape index (κ2) is 8.51. The van der Waals surface area contributed by atoms with Crippen LogP contribution < -0.4 is 10.1 Å². The molecule has 0 bridgehead atoms. The molecule has 3 aromatic carbocycles. The van der Waals surface area contributed by atoms with Crippen LogP contribution in [0.3, 0.4) is 0 Å². The summed E-state index contributed by atoms with van der Waals surface area (Å²) in [7, 11) is 0. The van der Waals surface area contributed by atoms with Crippen LogP contribution in [0.5, 0.6) is 11.5 Å². The van der Waals surface area contributed by atoms with Crippen molar-refractivity contribution in [2.75, 3.05) is 5.32 Å². The van der Waals surface area contributed by atoms with Gasteiger partial charge in [0.2, 0.25) is 5.95 Å². The number of hydrogen-bond acceptors (Lipinski definition) is 5. The first-order valence-corrected chi connectivity index (χ1v) is 10.4. The van der Waals surface area contributed by atoms with E-state index in [-0.39, 0.29) is 11.3 Å². The van der Waals surface area contributed by atoms with Gasteiger partial charge in [0.25, 0.3) is 0 Å². The third kappa shape index (κ3) is 4.54. The van der Waals surface area contributed by atoms with Gasteiger partial charge in [-0.25, -0.2) is 4.98 Å². The number of hydrogen-bond donors (Lipinski definition) is 2. The molecule has 0 aliphatic rings. The summed E-state index contributed by atoms with van der Waals surface area (Å²) < 4.78 is 45.7. The zero-order valence-corrected chi connectivity index (χ0v) is 17.9. The van der Waals surface area contributed by atoms with E-state index in [1.54, 1.807) is 42.5 Å². The first-order chi connectivity index (χ1) is 16.3. The number of para-hydroxylation sites is 1. The molecule has 5 rings (SSSR count). The molecule has 6 nitrogen and oxygen atoms in total. The van der Waals surface area contributed by atoms with E-state index in [1.807, 2.05) is 31.2 Å². The van der Waals surface area contributed by atoms with Crippen LogP contribution in [0.25, 0.3) is 22.3 Å². The number of ether oxygens (including phenoxy) is 1. The van der Waals surface area contributed by atoms with Crippen molar-refractivity contribution in [3.63, 3.8) is 0 Å². The van der Waals surface area contributed by atoms with Crippen LogP contribution in [-0.2, 0) is 6.18 Å². The molecule has 2 heterocycles. The molecule has 5 aromatic rings. The maximum atomic E-state index is 13.3. The highest BCUT2D eigenvalue weighted by Gasteiger charge is 2.33. The molecule has 0 fully saturated rings. The Kier molecular flexibility index (Phi) is 5.37. The van der Waals surface area contributed by atoms with Crippen molar-refractivity contribution in [2.45, 2.75) is 13.1 Å². The number of alkyl halides is 3. The fourth-order valence-corrected chi connectivity index (χ4v) is 3.48. The highest BCUT2D eigenvalue weighted by atomic mass is 19.4. The molecule has 2 N–H and O–H groups in total. The van der Waals surface area contributed by atoms with Gasteiger partial charge in [-0.3, -0.25) is 5.10 Å². The summed E-state index contributed by atoms with van der Waals surface area (Å²) in [5.74, 6) is 1.42. The van der Waals surface area contributed by atoms with E-state index in [0.717, 1.165) is 22.9 Å². The van der Waals surface area contributed by atoms with E-state index >= 15 is 0 Å². The van der Waals surface area contributed by atoms with Gasteiger partial charge < -0.3 is 10.1 Å². The number of anilines is 2. The van der Waals surface area contributed by atoms with Gasteiger partial charge in [-0.1, -0.05) is 24.3 Å². The van der Waals surface area contributed by atoms with E-state index in [1.165, 1.54) is 6.07 Å². The number of rotatable bonds is 5. The first kappa shape index (κ1) is 21.4. The van der Waals surface area contributed by atoms with Crippen LogP contribution in [-0.4, -0.2) is 20.2 Å². The molecule has 34 heavy (non-hydrogen) atoms. The summed E-state index contributed by atoms with van der Waals surface area (Å²) in [6.45, 7) is 2.00. The molecular weight excluding hydrogens is 443 g/mol. The minimum atomic E-state index is -4.58. The fourth-order valence-electron chi connectivity index (χ4n) is 3.48. The second-order valence-electron chi connectivity index (χ2n) is 7.65. The molecule has 0 atom stereocenters. The van der Waals surface area contributed by atoms with E-state index in [0.29, 0.717) is 22.9 Å². The first-order valence-electron chi connectivity index (χ1n) is 10.4. The summed E-state index contributed by atoms with van der Waals surface area (Å²) in [4.78, 5) is 8.16. The van der Waals surface area contributed by atoms with Crippen LogP contribution in [0, 0.1) is 6.92 Å². The third-order valence-corrected chi connectivity index (χ3v) is 5.08. The Balaban J connectivity index is 1.37. The largest absolute Gasteiger partial charge is 0.457 e. The Morgan fingerprint density at radius 3 is 2.44 bits per heavy atom. The molecular formula is C25H18F3N5O. The molecule has 0 aliphatic heterocycles. The lowest BCUT2D eigenvalue weighted by Crippen LogP contribution is -2.08. The summed E-state index contributed by atoms with van der Waals surface area (Å²) in [6, 6.07) is 22.1. The van der Waals surface area contributed by atoms with Crippen LogP contribution in [0.1, 0.15) is 11.3 Å². The van der Waals surface area contributed by atoms with Crippen LogP contribution in [0.15, 0.2) is 78.9 Å². The van der Waals surface area contributed by atoms with Crippen molar-refractivity contribution in [1.82, 2.24) is 20.2 Å². The number of nitrogens with one attached hydrogen (secondary N) is 2. The minimum absolute atomic E-state index is 0.0787. The Hall–Kier alpha value is -4.40. The molecule has 170 valence electrons. The van der Waals surface area contributed by atoms with Crippen molar-refractivity contribution < 1.29 is 17.9 Å². The number of fused-ring (bicyclic) bond motifs is 1. The lowest BCUT2D eigenvalue weighted by Gasteiger charge is -2.13. The average Bonchev–Trinajstić information content (AvgIpc) is 3.27. The smallest absolute Gasteiger partial charge is 0.433 e. The Bertz CT molecular complexity index is 1460. The zero-order chi connectivity index (χ0) is 23.7. The molecule has 0 radical (unpaired) electrons. The maximum absolute atomic E-state index is 13.3. The van der Waals surface area contributed by atoms with Crippen molar-refractivity contribution in [3.05, 3.63) is 90.1 Å². The molecule has 0 unspecified atom stereocenters. The van der Waals surface area contributed by atoms with Gasteiger partial charge in [0.1, 0.15) is 17.2 Å². The molecule has 0 aliphatic carbocycles. The molecule has 0 amide bonds. The number of aromatic nitrogens is 4. The molecule has 0 saturated heterocycles. The normalized spacial score (nSPS) is 11.5. The van der Waals surface area contributed by atoms with Crippen LogP contribution in [0.2, 0.25) is 0 Å². The number of aromatic amines is 1. The van der Waals surface area contributed by atoms with Gasteiger partial charge in [0.15, 0.2) is 5.82 Å². The Morgan fingerprint density at radius 1 is 0.882 bits per heavy atom. The quantitative estimate of drug-likeness (QED) is 0.298. The number of aryl methyl sites for hydroxylation is 1. The van der Waals surface area contributed by atoms with Crippen LogP contribution in [0.4, 0.5) is 24.8 Å². The van der Waals surface area contributed by atoms with Gasteiger partial charge in [-0.2, -0.15) is 18.2 Å². The Labute approximate surface area is 192 Å². The van der Waals surface area contributed by atoms with E-state index in [9.17, 15) is 13.2 Å². The minimum Gasteiger partial charge on any atom is -0.457 e. The lowest BCUT2D eigenvalue weighted by atomic mass is 10.1. The predicted octanol–water partition coefficient (Wildman–Crippen LogP) is 6.88. The van der Waals surface area contributed by atoms with Crippen molar-refractivity contribution in [2.24, 2.45) is 0 Å². The average molecular weight is 461 g/mol. The summed E-state index contributed by atoms with van der Waals surface area (Å²) >= 11 is 0. The third-order valence-electron chi connectivity index (χ3n) is 5.08. The highest BCUT2D eigenvalue weighted by Crippen LogP contribution is 2.36. The molecule has 2 aromatic heterocycles. The monoisotopic (exact) mass is 461 g/mol. The predicted molar refractivity (Wildman–Crippen MR) is 123 cm³/mol. The van der Waals surface area contributed by atoms with Crippen molar-refractivity contribution >= 4 is 22.5 Å². The van der Waals surface area contributed by atoms with Crippen molar-refractivity contribution in [1.29, 1.82) is 0 Å². The number of pyridine rings is 1. The maximum Gasteiger partial charge on any atom is 0.433 e. The number of nitrogens with zero attached hydrogens (tertiary/aromatic N) is 3. The number of halogens is 3. The van der Waals surface area contributed by atoms with Gasteiger partial charge in [0.05, 0.1) is 5.52 Å². The van der Waals surface area contributed by atoms with Gasteiger partial charge in [-0.05, 0) is 61.0 Å². The summed E-state index contributed by atoms with van der Waals surface area (Å²) in [5.41, 5.74) is 1.93. The number of benzene rings is 3. The molecule has 0 saturated carbocycles. The van der Waals surface area contributed by atoms with E-state index in [2.05, 4.69) is 25.5 Å². The number of H-pyrrole nitrogens is 1. The summed E-state index contributed by atoms with van der Waals surface area (Å²) in [6.07, 6.45) is -4.58. The second-order valence-corrected chi connectivity index (χ2v) is 7.65. The Morgan fingerprint density at radius 2 is 1.68 bits per heavy atom. The molecule has 0 spiro atoms. The van der Waals surface area contributed by atoms with E-state index in [4.69, 9.17) is 4.74 Å².